The highest BCUT2D eigenvalue weighted by Crippen LogP contribution is 2.39. The number of rotatable bonds is 6. The number of fused-ring (bicyclic) bond motifs is 1. The van der Waals surface area contributed by atoms with Crippen molar-refractivity contribution in [3.63, 3.8) is 0 Å². The first-order chi connectivity index (χ1) is 17.1. The van der Waals surface area contributed by atoms with Crippen molar-refractivity contribution in [2.75, 3.05) is 13.1 Å². The third-order valence-electron chi connectivity index (χ3n) is 6.07. The lowest BCUT2D eigenvalue weighted by molar-refractivity contribution is -0.137. The number of aromatic nitrogens is 1. The van der Waals surface area contributed by atoms with Crippen molar-refractivity contribution in [1.29, 1.82) is 0 Å². The van der Waals surface area contributed by atoms with Gasteiger partial charge in [0.1, 0.15) is 5.75 Å². The van der Waals surface area contributed by atoms with Crippen molar-refractivity contribution in [1.82, 2.24) is 9.63 Å². The molecule has 0 spiro atoms. The number of benzene rings is 3. The van der Waals surface area contributed by atoms with Crippen molar-refractivity contribution in [2.45, 2.75) is 26.6 Å². The van der Waals surface area contributed by atoms with Gasteiger partial charge in [0.2, 0.25) is 0 Å². The minimum absolute atomic E-state index is 0.0851. The van der Waals surface area contributed by atoms with E-state index >= 15 is 0 Å². The van der Waals surface area contributed by atoms with Crippen molar-refractivity contribution in [3.05, 3.63) is 88.4 Å². The molecule has 4 aromatic rings. The quantitative estimate of drug-likeness (QED) is 0.272. The molecule has 0 aliphatic carbocycles. The number of nitrogens with zero attached hydrogens (tertiary/aromatic N) is 3. The van der Waals surface area contributed by atoms with Gasteiger partial charge in [-0.3, -0.25) is 4.90 Å². The highest BCUT2D eigenvalue weighted by Gasteiger charge is 2.30. The first-order valence-electron chi connectivity index (χ1n) is 11.4. The lowest BCUT2D eigenvalue weighted by Crippen LogP contribution is -2.22. The maximum Gasteiger partial charge on any atom is 0.416 e. The number of halogens is 4. The fraction of sp³-hybridized carbons (Fsp3) is 0.222. The maximum atomic E-state index is 13.4. The van der Waals surface area contributed by atoms with Crippen LogP contribution in [0.5, 0.6) is 5.75 Å². The Morgan fingerprint density at radius 3 is 2.44 bits per heavy atom. The van der Waals surface area contributed by atoms with E-state index in [0.29, 0.717) is 39.1 Å². The van der Waals surface area contributed by atoms with Crippen molar-refractivity contribution >= 4 is 28.2 Å². The predicted molar refractivity (Wildman–Crippen MR) is 135 cm³/mol. The first-order valence-corrected chi connectivity index (χ1v) is 11.8. The summed E-state index contributed by atoms with van der Waals surface area (Å²) in [6, 6.07) is 14.8. The Hall–Kier alpha value is -3.49. The molecular weight excluding hydrogens is 491 g/mol. The van der Waals surface area contributed by atoms with Crippen LogP contribution in [0.25, 0.3) is 22.0 Å². The number of phenols is 1. The summed E-state index contributed by atoms with van der Waals surface area (Å²) in [4.78, 5) is 6.83. The van der Waals surface area contributed by atoms with Gasteiger partial charge in [0, 0.05) is 34.3 Å². The molecular formula is C27H25ClF3N3O2. The zero-order chi connectivity index (χ0) is 26.0. The molecule has 0 atom stereocenters. The molecule has 0 unspecified atom stereocenters. The molecule has 1 heterocycles. The van der Waals surface area contributed by atoms with Gasteiger partial charge < -0.3 is 10.3 Å². The summed E-state index contributed by atoms with van der Waals surface area (Å²) in [7, 11) is 0. The van der Waals surface area contributed by atoms with Crippen LogP contribution in [0.3, 0.4) is 0 Å². The van der Waals surface area contributed by atoms with Gasteiger partial charge in [-0.15, -0.1) is 0 Å². The lowest BCUT2D eigenvalue weighted by atomic mass is 9.98. The van der Waals surface area contributed by atoms with Crippen LogP contribution < -0.4 is 5.36 Å². The molecule has 188 valence electrons. The molecule has 0 radical (unpaired) electrons. The van der Waals surface area contributed by atoms with E-state index in [4.69, 9.17) is 16.6 Å². The normalized spacial score (nSPS) is 12.6. The topological polar surface area (TPSA) is 61.0 Å². The number of pyridine rings is 1. The SMILES string of the molecule is CCN(CC)Cc1cc(N=c2ccn(O)c3cc(Cl)ccc23)cc(-c2cccc(C(F)(F)F)c2)c1O. The molecule has 9 heteroatoms. The van der Waals surface area contributed by atoms with Crippen LogP contribution in [0.15, 0.2) is 71.9 Å². The van der Waals surface area contributed by atoms with E-state index in [-0.39, 0.29) is 16.9 Å². The zero-order valence-corrected chi connectivity index (χ0v) is 20.5. The van der Waals surface area contributed by atoms with E-state index < -0.39 is 11.7 Å². The fourth-order valence-electron chi connectivity index (χ4n) is 4.09. The maximum absolute atomic E-state index is 13.4. The third-order valence-corrected chi connectivity index (χ3v) is 6.30. The summed E-state index contributed by atoms with van der Waals surface area (Å²) < 4.78 is 41.1. The number of phenolic OH excluding ortho intramolecular Hbond substituents is 1. The highest BCUT2D eigenvalue weighted by molar-refractivity contribution is 6.31. The number of hydrogen-bond donors (Lipinski definition) is 2. The van der Waals surface area contributed by atoms with Crippen molar-refractivity contribution < 1.29 is 23.5 Å². The van der Waals surface area contributed by atoms with Crippen LogP contribution >= 0.6 is 11.6 Å². The van der Waals surface area contributed by atoms with E-state index in [9.17, 15) is 23.5 Å². The lowest BCUT2D eigenvalue weighted by Gasteiger charge is -2.20. The molecule has 0 aliphatic rings. The summed E-state index contributed by atoms with van der Waals surface area (Å²) in [6.07, 6.45) is -3.08. The summed E-state index contributed by atoms with van der Waals surface area (Å²) in [5.41, 5.74) is 1.14. The molecule has 5 nitrogen and oxygen atoms in total. The average Bonchev–Trinajstić information content (AvgIpc) is 2.85. The summed E-state index contributed by atoms with van der Waals surface area (Å²) in [6.45, 7) is 5.85. The van der Waals surface area contributed by atoms with Crippen LogP contribution in [0.2, 0.25) is 5.02 Å². The monoisotopic (exact) mass is 515 g/mol. The number of hydrogen-bond acceptors (Lipinski definition) is 4. The van der Waals surface area contributed by atoms with Gasteiger partial charge in [-0.2, -0.15) is 17.9 Å². The second-order valence-corrected chi connectivity index (χ2v) is 8.80. The molecule has 0 amide bonds. The average molecular weight is 516 g/mol. The Balaban J connectivity index is 1.95. The Morgan fingerprint density at radius 2 is 1.75 bits per heavy atom. The minimum Gasteiger partial charge on any atom is -0.507 e. The predicted octanol–water partition coefficient (Wildman–Crippen LogP) is 7.00. The molecule has 0 bridgehead atoms. The van der Waals surface area contributed by atoms with Crippen LogP contribution in [0.4, 0.5) is 18.9 Å². The molecule has 0 saturated carbocycles. The minimum atomic E-state index is -4.51. The summed E-state index contributed by atoms with van der Waals surface area (Å²) in [5, 5.41) is 22.9. The smallest absolute Gasteiger partial charge is 0.416 e. The summed E-state index contributed by atoms with van der Waals surface area (Å²) in [5.74, 6) is -0.0851. The molecule has 4 rings (SSSR count). The van der Waals surface area contributed by atoms with Crippen LogP contribution in [0.1, 0.15) is 25.0 Å². The molecule has 3 aromatic carbocycles. The first kappa shape index (κ1) is 25.6. The summed E-state index contributed by atoms with van der Waals surface area (Å²) >= 11 is 6.08. The van der Waals surface area contributed by atoms with Gasteiger partial charge in [0.25, 0.3) is 0 Å². The Labute approximate surface area is 211 Å². The van der Waals surface area contributed by atoms with Crippen LogP contribution in [-0.2, 0) is 12.7 Å². The Bertz CT molecular complexity index is 1480. The van der Waals surface area contributed by atoms with E-state index in [1.165, 1.54) is 18.3 Å². The Kier molecular flexibility index (Phi) is 7.28. The highest BCUT2D eigenvalue weighted by atomic mass is 35.5. The molecule has 0 aliphatic heterocycles. The van der Waals surface area contributed by atoms with E-state index in [2.05, 4.69) is 4.90 Å². The van der Waals surface area contributed by atoms with Crippen molar-refractivity contribution in [3.8, 4) is 16.9 Å². The van der Waals surface area contributed by atoms with Gasteiger partial charge in [-0.25, -0.2) is 4.99 Å². The molecule has 0 saturated heterocycles. The van der Waals surface area contributed by atoms with Gasteiger partial charge in [0.05, 0.1) is 22.1 Å². The molecule has 2 N–H and O–H groups in total. The standard InChI is InChI=1S/C27H25ClF3N3O2/c1-3-33(4-2)16-18-13-21(32-24-10-11-34(36)25-14-20(28)8-9-22(24)25)15-23(26(18)35)17-6-5-7-19(12-17)27(29,30)31/h5-15,35-36H,3-4,16H2,1-2H3. The van der Waals surface area contributed by atoms with E-state index in [1.54, 1.807) is 36.4 Å². The third kappa shape index (κ3) is 5.34. The number of alkyl halides is 3. The fourth-order valence-corrected chi connectivity index (χ4v) is 4.26. The molecule has 1 aromatic heterocycles. The second kappa shape index (κ2) is 10.2. The Morgan fingerprint density at radius 1 is 1.00 bits per heavy atom. The van der Waals surface area contributed by atoms with Gasteiger partial charge in [-0.05, 0) is 67.2 Å². The van der Waals surface area contributed by atoms with E-state index in [0.717, 1.165) is 30.0 Å². The largest absolute Gasteiger partial charge is 0.507 e. The van der Waals surface area contributed by atoms with Crippen LogP contribution in [0, 0.1) is 0 Å². The van der Waals surface area contributed by atoms with Crippen molar-refractivity contribution in [2.24, 2.45) is 4.99 Å². The van der Waals surface area contributed by atoms with Gasteiger partial charge >= 0.3 is 6.18 Å². The van der Waals surface area contributed by atoms with Gasteiger partial charge in [-0.1, -0.05) is 37.6 Å². The van der Waals surface area contributed by atoms with E-state index in [1.807, 2.05) is 13.8 Å². The second-order valence-electron chi connectivity index (χ2n) is 8.36. The number of aromatic hydroxyl groups is 1. The van der Waals surface area contributed by atoms with Crippen LogP contribution in [-0.4, -0.2) is 33.0 Å². The van der Waals surface area contributed by atoms with Gasteiger partial charge in [0.15, 0.2) is 0 Å². The molecule has 36 heavy (non-hydrogen) atoms. The molecule has 0 fully saturated rings. The zero-order valence-electron chi connectivity index (χ0n) is 19.7.